The Morgan fingerprint density at radius 2 is 1.47 bits per heavy atom. The normalized spacial score (nSPS) is 11.7. The maximum absolute atomic E-state index is 6.52. The summed E-state index contributed by atoms with van der Waals surface area (Å²) >= 11 is 30.9. The summed E-state index contributed by atoms with van der Waals surface area (Å²) in [5, 5.41) is 2.92. The zero-order valence-electron chi connectivity index (χ0n) is 18.9. The Bertz CT molecular complexity index is 1280. The van der Waals surface area contributed by atoms with Gasteiger partial charge in [0.25, 0.3) is 0 Å². The molecule has 0 radical (unpaired) electrons. The molecule has 0 spiro atoms. The monoisotopic (exact) mass is 648 g/mol. The molecule has 0 aliphatic carbocycles. The van der Waals surface area contributed by atoms with Crippen molar-refractivity contribution in [1.82, 2.24) is 4.57 Å². The summed E-state index contributed by atoms with van der Waals surface area (Å²) in [6, 6.07) is 18.1. The van der Waals surface area contributed by atoms with Gasteiger partial charge in [0, 0.05) is 30.7 Å². The first-order chi connectivity index (χ1) is 16.9. The van der Waals surface area contributed by atoms with Crippen molar-refractivity contribution in [3.05, 3.63) is 116 Å². The number of hydrogen-bond acceptors (Lipinski definition) is 2. The maximum Gasteiger partial charge on any atom is 0.243 e. The third-order valence-electron chi connectivity index (χ3n) is 5.32. The van der Waals surface area contributed by atoms with Crippen molar-refractivity contribution in [3.63, 3.8) is 0 Å². The van der Waals surface area contributed by atoms with Crippen molar-refractivity contribution in [3.8, 4) is 5.75 Å². The van der Waals surface area contributed by atoms with Crippen LogP contribution < -0.4 is 26.3 Å². The van der Waals surface area contributed by atoms with E-state index < -0.39 is 0 Å². The van der Waals surface area contributed by atoms with Gasteiger partial charge in [-0.1, -0.05) is 70.1 Å². The molecule has 3 aromatic carbocycles. The third-order valence-corrected chi connectivity index (χ3v) is 6.72. The minimum atomic E-state index is -0.335. The molecular formula is C26H22BrCl5N2O2. The molecule has 190 valence electrons. The topological polar surface area (TPSA) is 27.3 Å². The SMILES string of the molecule is Clc1ccc(OCCn2cc[n+](CC(OCc3ccc(Cl)cc3Cl)c3ccc(Cl)cc3Cl)c2)cc1.[Br-]. The van der Waals surface area contributed by atoms with E-state index in [1.54, 1.807) is 36.4 Å². The first kappa shape index (κ1) is 29.1. The van der Waals surface area contributed by atoms with Crippen molar-refractivity contribution < 1.29 is 31.0 Å². The number of nitrogens with zero attached hydrogens (tertiary/aromatic N) is 2. The van der Waals surface area contributed by atoms with Crippen molar-refractivity contribution in [1.29, 1.82) is 0 Å². The second kappa shape index (κ2) is 13.9. The van der Waals surface area contributed by atoms with Gasteiger partial charge < -0.3 is 26.5 Å². The summed E-state index contributed by atoms with van der Waals surface area (Å²) in [6.45, 7) is 2.05. The summed E-state index contributed by atoms with van der Waals surface area (Å²) < 4.78 is 16.2. The van der Waals surface area contributed by atoms with Crippen molar-refractivity contribution in [2.45, 2.75) is 25.8 Å². The van der Waals surface area contributed by atoms with Crippen LogP contribution in [0.25, 0.3) is 0 Å². The van der Waals surface area contributed by atoms with E-state index in [0.29, 0.717) is 51.4 Å². The van der Waals surface area contributed by atoms with Crippen molar-refractivity contribution >= 4 is 58.0 Å². The molecule has 36 heavy (non-hydrogen) atoms. The molecule has 1 atom stereocenters. The van der Waals surface area contributed by atoms with Crippen LogP contribution in [-0.2, 0) is 24.4 Å². The molecule has 10 heteroatoms. The van der Waals surface area contributed by atoms with Gasteiger partial charge in [-0.25, -0.2) is 9.13 Å². The van der Waals surface area contributed by atoms with Crippen molar-refractivity contribution in [2.24, 2.45) is 0 Å². The number of rotatable bonds is 10. The van der Waals surface area contributed by atoms with Gasteiger partial charge in [0.2, 0.25) is 6.33 Å². The van der Waals surface area contributed by atoms with Crippen LogP contribution >= 0.6 is 58.0 Å². The average Bonchev–Trinajstić information content (AvgIpc) is 3.26. The number of hydrogen-bond donors (Lipinski definition) is 0. The molecule has 0 N–H and O–H groups in total. The predicted molar refractivity (Wildman–Crippen MR) is 142 cm³/mol. The molecule has 4 aromatic rings. The van der Waals surface area contributed by atoms with E-state index in [0.717, 1.165) is 16.9 Å². The van der Waals surface area contributed by atoms with E-state index in [9.17, 15) is 0 Å². The van der Waals surface area contributed by atoms with Crippen LogP contribution in [-0.4, -0.2) is 11.2 Å². The van der Waals surface area contributed by atoms with Crippen LogP contribution in [0.1, 0.15) is 17.2 Å². The van der Waals surface area contributed by atoms with Crippen LogP contribution in [0.3, 0.4) is 0 Å². The van der Waals surface area contributed by atoms with Crippen LogP contribution in [0.15, 0.2) is 79.4 Å². The molecule has 1 aromatic heterocycles. The molecule has 0 bridgehead atoms. The highest BCUT2D eigenvalue weighted by atomic mass is 79.9. The summed E-state index contributed by atoms with van der Waals surface area (Å²) in [4.78, 5) is 0. The van der Waals surface area contributed by atoms with E-state index in [1.165, 1.54) is 0 Å². The molecule has 0 aliphatic rings. The molecule has 1 heterocycles. The first-order valence-corrected chi connectivity index (χ1v) is 12.7. The fourth-order valence-electron chi connectivity index (χ4n) is 3.50. The van der Waals surface area contributed by atoms with Crippen LogP contribution in [0.2, 0.25) is 25.1 Å². The van der Waals surface area contributed by atoms with E-state index in [4.69, 9.17) is 67.5 Å². The molecule has 0 saturated carbocycles. The fraction of sp³-hybridized carbons (Fsp3) is 0.192. The quantitative estimate of drug-likeness (QED) is 0.224. The van der Waals surface area contributed by atoms with Gasteiger partial charge in [0.05, 0.1) is 6.61 Å². The fourth-order valence-corrected chi connectivity index (χ4v) is 4.62. The second-order valence-electron chi connectivity index (χ2n) is 7.85. The lowest BCUT2D eigenvalue weighted by Gasteiger charge is -2.19. The Morgan fingerprint density at radius 1 is 0.806 bits per heavy atom. The summed E-state index contributed by atoms with van der Waals surface area (Å²) in [5.74, 6) is 0.779. The number of imidazole rings is 1. The van der Waals surface area contributed by atoms with Gasteiger partial charge in [0.1, 0.15) is 43.9 Å². The Hall–Kier alpha value is -1.44. The Morgan fingerprint density at radius 3 is 2.17 bits per heavy atom. The number of ether oxygens (including phenoxy) is 2. The minimum Gasteiger partial charge on any atom is -1.00 e. The lowest BCUT2D eigenvalue weighted by Crippen LogP contribution is -3.00. The van der Waals surface area contributed by atoms with Gasteiger partial charge >= 0.3 is 0 Å². The molecule has 1 unspecified atom stereocenters. The van der Waals surface area contributed by atoms with E-state index in [1.807, 2.05) is 52.1 Å². The third kappa shape index (κ3) is 8.29. The average molecular weight is 652 g/mol. The molecular weight excluding hydrogens is 629 g/mol. The second-order valence-corrected chi connectivity index (χ2v) is 9.98. The lowest BCUT2D eigenvalue weighted by molar-refractivity contribution is -0.704. The number of benzene rings is 3. The smallest absolute Gasteiger partial charge is 0.243 e. The van der Waals surface area contributed by atoms with E-state index in [-0.39, 0.29) is 23.1 Å². The highest BCUT2D eigenvalue weighted by Crippen LogP contribution is 2.31. The van der Waals surface area contributed by atoms with Crippen molar-refractivity contribution in [2.75, 3.05) is 6.61 Å². The highest BCUT2D eigenvalue weighted by molar-refractivity contribution is 6.35. The minimum absolute atomic E-state index is 0. The first-order valence-electron chi connectivity index (χ1n) is 10.8. The highest BCUT2D eigenvalue weighted by Gasteiger charge is 2.20. The van der Waals surface area contributed by atoms with Gasteiger partial charge in [-0.3, -0.25) is 0 Å². The maximum atomic E-state index is 6.52. The predicted octanol–water partition coefficient (Wildman–Crippen LogP) is 5.08. The zero-order valence-corrected chi connectivity index (χ0v) is 24.3. The number of aromatic nitrogens is 2. The summed E-state index contributed by atoms with van der Waals surface area (Å²) in [7, 11) is 0. The zero-order chi connectivity index (χ0) is 24.8. The molecule has 4 rings (SSSR count). The van der Waals surface area contributed by atoms with Gasteiger partial charge in [-0.15, -0.1) is 0 Å². The van der Waals surface area contributed by atoms with E-state index in [2.05, 4.69) is 0 Å². The molecule has 0 saturated heterocycles. The molecule has 0 aliphatic heterocycles. The van der Waals surface area contributed by atoms with E-state index >= 15 is 0 Å². The van der Waals surface area contributed by atoms with Crippen LogP contribution in [0.4, 0.5) is 0 Å². The molecule has 4 nitrogen and oxygen atoms in total. The Balaban J connectivity index is 0.00000361. The Kier molecular flexibility index (Phi) is 11.3. The van der Waals surface area contributed by atoms with Gasteiger partial charge in [-0.05, 0) is 54.1 Å². The largest absolute Gasteiger partial charge is 1.00 e. The van der Waals surface area contributed by atoms with Crippen LogP contribution in [0.5, 0.6) is 5.75 Å². The molecule has 0 fully saturated rings. The van der Waals surface area contributed by atoms with Crippen LogP contribution in [0, 0.1) is 0 Å². The van der Waals surface area contributed by atoms with Gasteiger partial charge in [0.15, 0.2) is 0 Å². The Labute approximate surface area is 246 Å². The van der Waals surface area contributed by atoms with Gasteiger partial charge in [-0.2, -0.15) is 0 Å². The summed E-state index contributed by atoms with van der Waals surface area (Å²) in [6.07, 6.45) is 5.64. The summed E-state index contributed by atoms with van der Waals surface area (Å²) in [5.41, 5.74) is 1.68. The lowest BCUT2D eigenvalue weighted by atomic mass is 10.1. The number of halogens is 6. The molecule has 0 amide bonds. The standard InChI is InChI=1S/C26H22Cl5N2O2.BrH/c27-19-3-6-22(7-4-19)34-12-11-32-9-10-33(17-32)15-26(23-8-5-21(29)14-25(23)31)35-16-18-1-2-20(28)13-24(18)30;/h1-10,13-14,17,26H,11-12,15-16H2;1H/q+1;/p-1.